The third-order valence-corrected chi connectivity index (χ3v) is 3.95. The van der Waals surface area contributed by atoms with E-state index < -0.39 is 0 Å². The topological polar surface area (TPSA) is 47.6 Å². The van der Waals surface area contributed by atoms with Gasteiger partial charge in [-0.15, -0.1) is 0 Å². The van der Waals surface area contributed by atoms with Crippen molar-refractivity contribution in [3.05, 3.63) is 58.1 Å². The van der Waals surface area contributed by atoms with E-state index in [1.807, 2.05) is 24.3 Å². The van der Waals surface area contributed by atoms with Crippen molar-refractivity contribution in [2.75, 3.05) is 13.7 Å². The lowest BCUT2D eigenvalue weighted by molar-refractivity contribution is -0.121. The van der Waals surface area contributed by atoms with E-state index in [9.17, 15) is 4.79 Å². The maximum atomic E-state index is 11.8. The van der Waals surface area contributed by atoms with Gasteiger partial charge in [-0.1, -0.05) is 29.3 Å². The van der Waals surface area contributed by atoms with Gasteiger partial charge in [-0.2, -0.15) is 0 Å². The maximum absolute atomic E-state index is 11.8. The summed E-state index contributed by atoms with van der Waals surface area (Å²) >= 11 is 11.9. The number of carbonyl (C=O) groups excluding carboxylic acids is 1. The molecule has 0 aromatic heterocycles. The molecule has 0 heterocycles. The molecule has 2 aromatic rings. The molecule has 128 valence electrons. The van der Waals surface area contributed by atoms with Crippen LogP contribution in [0.15, 0.2) is 42.5 Å². The van der Waals surface area contributed by atoms with Crippen LogP contribution in [-0.4, -0.2) is 19.6 Å². The number of halogens is 2. The molecular formula is C18H19Cl2NO3. The Hall–Kier alpha value is -1.91. The highest BCUT2D eigenvalue weighted by Crippen LogP contribution is 2.21. The standard InChI is InChI=1S/C18H19Cl2NO3/c1-23-15-6-8-16(9-7-15)24-10-2-3-18(22)21-12-13-4-5-14(19)11-17(13)20/h4-9,11H,2-3,10,12H2,1H3,(H,21,22). The molecule has 0 spiro atoms. The fourth-order valence-electron chi connectivity index (χ4n) is 2.04. The highest BCUT2D eigenvalue weighted by Gasteiger charge is 2.05. The highest BCUT2D eigenvalue weighted by atomic mass is 35.5. The predicted octanol–water partition coefficient (Wildman–Crippen LogP) is 4.48. The number of methoxy groups -OCH3 is 1. The van der Waals surface area contributed by atoms with E-state index in [1.165, 1.54) is 0 Å². The molecular weight excluding hydrogens is 349 g/mol. The fourth-order valence-corrected chi connectivity index (χ4v) is 2.52. The molecule has 24 heavy (non-hydrogen) atoms. The molecule has 0 aliphatic heterocycles. The minimum absolute atomic E-state index is 0.0423. The molecule has 0 fully saturated rings. The third-order valence-electron chi connectivity index (χ3n) is 3.37. The van der Waals surface area contributed by atoms with E-state index >= 15 is 0 Å². The fraction of sp³-hybridized carbons (Fsp3) is 0.278. The lowest BCUT2D eigenvalue weighted by Crippen LogP contribution is -2.23. The highest BCUT2D eigenvalue weighted by molar-refractivity contribution is 6.35. The van der Waals surface area contributed by atoms with Gasteiger partial charge in [0.25, 0.3) is 0 Å². The van der Waals surface area contributed by atoms with E-state index in [0.717, 1.165) is 17.1 Å². The lowest BCUT2D eigenvalue weighted by atomic mass is 10.2. The third kappa shape index (κ3) is 5.95. The largest absolute Gasteiger partial charge is 0.497 e. The second-order valence-corrected chi connectivity index (χ2v) is 5.98. The van der Waals surface area contributed by atoms with Gasteiger partial charge in [0.05, 0.1) is 13.7 Å². The van der Waals surface area contributed by atoms with Gasteiger partial charge >= 0.3 is 0 Å². The molecule has 0 bridgehead atoms. The second kappa shape index (κ2) is 9.40. The number of amides is 1. The molecule has 1 amide bonds. The number of hydrogen-bond donors (Lipinski definition) is 1. The Bertz CT molecular complexity index is 674. The van der Waals surface area contributed by atoms with Crippen molar-refractivity contribution in [2.45, 2.75) is 19.4 Å². The Morgan fingerprint density at radius 2 is 1.79 bits per heavy atom. The molecule has 0 saturated heterocycles. The van der Waals surface area contributed by atoms with Crippen molar-refractivity contribution >= 4 is 29.1 Å². The number of benzene rings is 2. The Morgan fingerprint density at radius 3 is 2.46 bits per heavy atom. The van der Waals surface area contributed by atoms with Crippen molar-refractivity contribution < 1.29 is 14.3 Å². The Morgan fingerprint density at radius 1 is 1.08 bits per heavy atom. The first-order chi connectivity index (χ1) is 11.6. The summed E-state index contributed by atoms with van der Waals surface area (Å²) < 4.78 is 10.7. The van der Waals surface area contributed by atoms with Crippen LogP contribution in [-0.2, 0) is 11.3 Å². The smallest absolute Gasteiger partial charge is 0.220 e. The number of ether oxygens (including phenoxy) is 2. The van der Waals surface area contributed by atoms with E-state index in [4.69, 9.17) is 32.7 Å². The van der Waals surface area contributed by atoms with Crippen molar-refractivity contribution in [1.29, 1.82) is 0 Å². The Labute approximate surface area is 151 Å². The molecule has 0 aliphatic carbocycles. The average molecular weight is 368 g/mol. The molecule has 2 aromatic carbocycles. The van der Waals surface area contributed by atoms with E-state index in [2.05, 4.69) is 5.32 Å². The zero-order chi connectivity index (χ0) is 17.4. The molecule has 6 heteroatoms. The molecule has 1 N–H and O–H groups in total. The van der Waals surface area contributed by atoms with Gasteiger partial charge in [-0.05, 0) is 48.4 Å². The van der Waals surface area contributed by atoms with E-state index in [1.54, 1.807) is 25.3 Å². The summed E-state index contributed by atoms with van der Waals surface area (Å²) in [7, 11) is 1.62. The molecule has 4 nitrogen and oxygen atoms in total. The van der Waals surface area contributed by atoms with Crippen molar-refractivity contribution in [2.24, 2.45) is 0 Å². The number of hydrogen-bond acceptors (Lipinski definition) is 3. The van der Waals surface area contributed by atoms with Gasteiger partial charge in [0.1, 0.15) is 11.5 Å². The maximum Gasteiger partial charge on any atom is 0.220 e. The van der Waals surface area contributed by atoms with Gasteiger partial charge in [-0.3, -0.25) is 4.79 Å². The molecule has 0 aliphatic rings. The minimum atomic E-state index is -0.0423. The van der Waals surface area contributed by atoms with E-state index in [0.29, 0.717) is 36.0 Å². The predicted molar refractivity (Wildman–Crippen MR) is 96.0 cm³/mol. The summed E-state index contributed by atoms with van der Waals surface area (Å²) in [5.41, 5.74) is 0.837. The lowest BCUT2D eigenvalue weighted by Gasteiger charge is -2.09. The van der Waals surface area contributed by atoms with Crippen LogP contribution in [0.1, 0.15) is 18.4 Å². The summed E-state index contributed by atoms with van der Waals surface area (Å²) in [4.78, 5) is 11.8. The second-order valence-electron chi connectivity index (χ2n) is 5.14. The zero-order valence-electron chi connectivity index (χ0n) is 13.4. The van der Waals surface area contributed by atoms with Gasteiger partial charge in [0.15, 0.2) is 0 Å². The van der Waals surface area contributed by atoms with Crippen LogP contribution < -0.4 is 14.8 Å². The molecule has 2 rings (SSSR count). The first kappa shape index (κ1) is 18.4. The van der Waals surface area contributed by atoms with Crippen LogP contribution in [0, 0.1) is 0 Å². The Kier molecular flexibility index (Phi) is 7.22. The first-order valence-corrected chi connectivity index (χ1v) is 8.31. The monoisotopic (exact) mass is 367 g/mol. The normalized spacial score (nSPS) is 10.3. The quantitative estimate of drug-likeness (QED) is 0.699. The molecule has 0 saturated carbocycles. The van der Waals surface area contributed by atoms with Crippen LogP contribution in [0.3, 0.4) is 0 Å². The molecule has 0 unspecified atom stereocenters. The van der Waals surface area contributed by atoms with Crippen molar-refractivity contribution in [3.8, 4) is 11.5 Å². The average Bonchev–Trinajstić information content (AvgIpc) is 2.58. The minimum Gasteiger partial charge on any atom is -0.497 e. The summed E-state index contributed by atoms with van der Waals surface area (Å²) in [6, 6.07) is 12.5. The SMILES string of the molecule is COc1ccc(OCCCC(=O)NCc2ccc(Cl)cc2Cl)cc1. The van der Waals surface area contributed by atoms with Crippen molar-refractivity contribution in [1.82, 2.24) is 5.32 Å². The van der Waals surface area contributed by atoms with Crippen molar-refractivity contribution in [3.63, 3.8) is 0 Å². The summed E-state index contributed by atoms with van der Waals surface area (Å²) in [5, 5.41) is 3.96. The van der Waals surface area contributed by atoms with Gasteiger partial charge < -0.3 is 14.8 Å². The first-order valence-electron chi connectivity index (χ1n) is 7.56. The summed E-state index contributed by atoms with van der Waals surface area (Å²) in [6.07, 6.45) is 1.02. The number of nitrogens with one attached hydrogen (secondary N) is 1. The van der Waals surface area contributed by atoms with Crippen LogP contribution in [0.25, 0.3) is 0 Å². The summed E-state index contributed by atoms with van der Waals surface area (Å²) in [6.45, 7) is 0.857. The van der Waals surface area contributed by atoms with Gasteiger partial charge in [0, 0.05) is 23.0 Å². The van der Waals surface area contributed by atoms with Crippen LogP contribution >= 0.6 is 23.2 Å². The number of carbonyl (C=O) groups is 1. The van der Waals surface area contributed by atoms with Crippen LogP contribution in [0.5, 0.6) is 11.5 Å². The Balaban J connectivity index is 1.65. The van der Waals surface area contributed by atoms with Crippen LogP contribution in [0.2, 0.25) is 10.0 Å². The molecule has 0 atom stereocenters. The van der Waals surface area contributed by atoms with Crippen LogP contribution in [0.4, 0.5) is 0 Å². The van der Waals surface area contributed by atoms with Gasteiger partial charge in [0.2, 0.25) is 5.91 Å². The zero-order valence-corrected chi connectivity index (χ0v) is 14.9. The molecule has 0 radical (unpaired) electrons. The van der Waals surface area contributed by atoms with Gasteiger partial charge in [-0.25, -0.2) is 0 Å². The van der Waals surface area contributed by atoms with E-state index in [-0.39, 0.29) is 5.91 Å². The summed E-state index contributed by atoms with van der Waals surface area (Å²) in [5.74, 6) is 1.49. The number of rotatable bonds is 8.